The van der Waals surface area contributed by atoms with E-state index in [1.807, 2.05) is 6.92 Å². The van der Waals surface area contributed by atoms with Gasteiger partial charge in [0.2, 0.25) is 11.9 Å². The molecule has 13 heteroatoms. The molecule has 3 aromatic heterocycles. The number of rotatable bonds is 6. The highest BCUT2D eigenvalue weighted by Gasteiger charge is 2.43. The fourth-order valence-electron chi connectivity index (χ4n) is 4.12. The van der Waals surface area contributed by atoms with Gasteiger partial charge in [0.15, 0.2) is 5.82 Å². The summed E-state index contributed by atoms with van der Waals surface area (Å²) >= 11 is 0. The zero-order valence-electron chi connectivity index (χ0n) is 19.0. The number of aromatic nitrogens is 6. The van der Waals surface area contributed by atoms with Gasteiger partial charge in [0.1, 0.15) is 11.6 Å². The Bertz CT molecular complexity index is 1360. The summed E-state index contributed by atoms with van der Waals surface area (Å²) in [5.74, 6) is -1.56. The van der Waals surface area contributed by atoms with E-state index in [1.165, 1.54) is 24.5 Å². The maximum absolute atomic E-state index is 14.6. The van der Waals surface area contributed by atoms with Gasteiger partial charge in [-0.2, -0.15) is 27.6 Å². The molecule has 1 saturated heterocycles. The Morgan fingerprint density at radius 1 is 1.11 bits per heavy atom. The molecule has 0 amide bonds. The number of benzene rings is 1. The van der Waals surface area contributed by atoms with Gasteiger partial charge < -0.3 is 10.2 Å². The van der Waals surface area contributed by atoms with Gasteiger partial charge in [0, 0.05) is 42.6 Å². The van der Waals surface area contributed by atoms with Crippen LogP contribution in [0.5, 0.6) is 0 Å². The first kappa shape index (κ1) is 23.7. The Balaban J connectivity index is 1.33. The molecular weight excluding hydrogens is 483 g/mol. The largest absolute Gasteiger partial charge is 0.393 e. The monoisotopic (exact) mass is 504 g/mol. The van der Waals surface area contributed by atoms with E-state index in [0.29, 0.717) is 35.4 Å². The summed E-state index contributed by atoms with van der Waals surface area (Å²) in [6.07, 6.45) is -1.45. The molecule has 4 heterocycles. The predicted molar refractivity (Wildman–Crippen MR) is 123 cm³/mol. The lowest BCUT2D eigenvalue weighted by molar-refractivity contribution is -0.168. The van der Waals surface area contributed by atoms with Crippen molar-refractivity contribution in [2.24, 2.45) is 5.92 Å². The molecule has 1 aromatic carbocycles. The molecule has 1 unspecified atom stereocenters. The van der Waals surface area contributed by atoms with Crippen molar-refractivity contribution in [1.82, 2.24) is 29.9 Å². The van der Waals surface area contributed by atoms with E-state index in [0.717, 1.165) is 0 Å². The third kappa shape index (κ3) is 4.60. The molecule has 1 fully saturated rings. The first-order valence-corrected chi connectivity index (χ1v) is 11.2. The minimum Gasteiger partial charge on any atom is -0.356 e. The number of nitrogens with zero attached hydrogens (tertiary/aromatic N) is 6. The van der Waals surface area contributed by atoms with Crippen molar-refractivity contribution in [1.29, 1.82) is 0 Å². The number of H-pyrrole nitrogens is 1. The van der Waals surface area contributed by atoms with Crippen molar-refractivity contribution >= 4 is 17.5 Å². The highest BCUT2D eigenvalue weighted by Crippen LogP contribution is 2.35. The zero-order valence-corrected chi connectivity index (χ0v) is 19.0. The van der Waals surface area contributed by atoms with Crippen LogP contribution in [0.3, 0.4) is 0 Å². The lowest BCUT2D eigenvalue weighted by Gasteiger charge is -2.18. The molecule has 1 aliphatic rings. The van der Waals surface area contributed by atoms with Crippen molar-refractivity contribution in [2.45, 2.75) is 26.1 Å². The second-order valence-electron chi connectivity index (χ2n) is 8.37. The summed E-state index contributed by atoms with van der Waals surface area (Å²) in [6, 6.07) is 7.59. The number of aromatic amines is 1. The third-order valence-electron chi connectivity index (χ3n) is 6.06. The normalized spacial score (nSPS) is 16.1. The van der Waals surface area contributed by atoms with Gasteiger partial charge in [-0.05, 0) is 43.7 Å². The van der Waals surface area contributed by atoms with Crippen LogP contribution in [0.4, 0.5) is 39.4 Å². The van der Waals surface area contributed by atoms with E-state index in [9.17, 15) is 22.0 Å². The first-order valence-electron chi connectivity index (χ1n) is 11.2. The van der Waals surface area contributed by atoms with Crippen molar-refractivity contribution < 1.29 is 22.0 Å². The number of aryl methyl sites for hydroxylation is 1. The maximum atomic E-state index is 14.6. The van der Waals surface area contributed by atoms with Crippen LogP contribution in [0.2, 0.25) is 0 Å². The highest BCUT2D eigenvalue weighted by molar-refractivity contribution is 5.68. The van der Waals surface area contributed by atoms with Crippen molar-refractivity contribution in [3.63, 3.8) is 0 Å². The predicted octanol–water partition coefficient (Wildman–Crippen LogP) is 5.16. The summed E-state index contributed by atoms with van der Waals surface area (Å²) in [7, 11) is 0. The van der Waals surface area contributed by atoms with E-state index in [-0.39, 0.29) is 30.6 Å². The molecule has 0 radical (unpaired) electrons. The van der Waals surface area contributed by atoms with E-state index in [2.05, 4.69) is 30.6 Å². The molecule has 0 aliphatic carbocycles. The van der Waals surface area contributed by atoms with Gasteiger partial charge in [0.25, 0.3) is 0 Å². The molecule has 188 valence electrons. The molecule has 5 rings (SSSR count). The minimum atomic E-state index is -4.21. The van der Waals surface area contributed by atoms with Crippen LogP contribution < -0.4 is 10.2 Å². The summed E-state index contributed by atoms with van der Waals surface area (Å²) in [5.41, 5.74) is 1.06. The Kier molecular flexibility index (Phi) is 6.06. The molecule has 0 saturated carbocycles. The van der Waals surface area contributed by atoms with Gasteiger partial charge in [-0.15, -0.1) is 5.10 Å². The molecule has 0 bridgehead atoms. The first-order chi connectivity index (χ1) is 17.2. The molecular formula is C23H21F5N8. The van der Waals surface area contributed by atoms with Gasteiger partial charge >= 0.3 is 6.18 Å². The maximum Gasteiger partial charge on any atom is 0.393 e. The van der Waals surface area contributed by atoms with E-state index in [4.69, 9.17) is 0 Å². The number of hydrogen-bond acceptors (Lipinski definition) is 6. The summed E-state index contributed by atoms with van der Waals surface area (Å²) in [6.45, 7) is 2.50. The smallest absolute Gasteiger partial charge is 0.356 e. The zero-order chi connectivity index (χ0) is 25.4. The topological polar surface area (TPSA) is 87.6 Å². The molecule has 2 N–H and O–H groups in total. The molecule has 8 nitrogen and oxygen atoms in total. The van der Waals surface area contributed by atoms with Crippen molar-refractivity contribution in [3.05, 3.63) is 54.5 Å². The van der Waals surface area contributed by atoms with E-state index < -0.39 is 23.9 Å². The Morgan fingerprint density at radius 2 is 1.94 bits per heavy atom. The number of alkyl halides is 3. The van der Waals surface area contributed by atoms with Crippen LogP contribution in [0.25, 0.3) is 22.5 Å². The van der Waals surface area contributed by atoms with Crippen molar-refractivity contribution in [3.8, 4) is 22.5 Å². The average molecular weight is 504 g/mol. The Hall–Kier alpha value is -4.03. The SMILES string of the molecule is CCn1nc(-c2ccc(N3CCC(C(F)(F)F)C3)nc2)nc1Nc1ccc(-c2cn[nH]c2F)c(F)c1. The van der Waals surface area contributed by atoms with Gasteiger partial charge in [-0.3, -0.25) is 5.10 Å². The average Bonchev–Trinajstić information content (AvgIpc) is 3.59. The van der Waals surface area contributed by atoms with E-state index in [1.54, 1.807) is 27.8 Å². The van der Waals surface area contributed by atoms with Crippen LogP contribution in [-0.4, -0.2) is 49.2 Å². The van der Waals surface area contributed by atoms with Gasteiger partial charge in [-0.1, -0.05) is 0 Å². The number of anilines is 3. The van der Waals surface area contributed by atoms with Crippen LogP contribution in [0.1, 0.15) is 13.3 Å². The summed E-state index contributed by atoms with van der Waals surface area (Å²) in [5, 5.41) is 13.2. The molecule has 0 spiro atoms. The minimum absolute atomic E-state index is 0.0249. The lowest BCUT2D eigenvalue weighted by Crippen LogP contribution is -2.27. The van der Waals surface area contributed by atoms with Crippen LogP contribution in [0.15, 0.2) is 42.7 Å². The molecule has 4 aromatic rings. The number of hydrogen-bond donors (Lipinski definition) is 2. The van der Waals surface area contributed by atoms with Gasteiger partial charge in [-0.25, -0.2) is 14.1 Å². The molecule has 36 heavy (non-hydrogen) atoms. The van der Waals surface area contributed by atoms with Crippen LogP contribution >= 0.6 is 0 Å². The number of nitrogens with one attached hydrogen (secondary N) is 2. The highest BCUT2D eigenvalue weighted by atomic mass is 19.4. The second kappa shape index (κ2) is 9.21. The lowest BCUT2D eigenvalue weighted by atomic mass is 10.1. The molecule has 1 aliphatic heterocycles. The Labute approximate surface area is 202 Å². The van der Waals surface area contributed by atoms with Crippen LogP contribution in [0, 0.1) is 17.7 Å². The number of pyridine rings is 1. The number of halogens is 5. The standard InChI is InChI=1S/C23H21F5N8/c1-2-36-22(31-15-4-5-16(18(24)9-15)17-11-30-33-20(17)25)32-21(34-36)13-3-6-19(29-10-13)35-8-7-14(12-35)23(26,27)28/h3-6,9-11,14H,2,7-8,12H2,1H3,(H,30,33)(H,31,32,34). The van der Waals surface area contributed by atoms with Crippen molar-refractivity contribution in [2.75, 3.05) is 23.3 Å². The Morgan fingerprint density at radius 3 is 2.56 bits per heavy atom. The fraction of sp³-hybridized carbons (Fsp3) is 0.304. The molecule has 1 atom stereocenters. The third-order valence-corrected chi connectivity index (χ3v) is 6.06. The van der Waals surface area contributed by atoms with Crippen LogP contribution in [-0.2, 0) is 6.54 Å². The van der Waals surface area contributed by atoms with Gasteiger partial charge in [0.05, 0.1) is 17.7 Å². The quantitative estimate of drug-likeness (QED) is 0.353. The fourth-order valence-corrected chi connectivity index (χ4v) is 4.12. The second-order valence-corrected chi connectivity index (χ2v) is 8.37. The summed E-state index contributed by atoms with van der Waals surface area (Å²) < 4.78 is 68.9. The van der Waals surface area contributed by atoms with E-state index >= 15 is 0 Å². The summed E-state index contributed by atoms with van der Waals surface area (Å²) in [4.78, 5) is 10.4.